The molecule has 1 aromatic heterocycles. The summed E-state index contributed by atoms with van der Waals surface area (Å²) in [5.74, 6) is 0.703. The van der Waals surface area contributed by atoms with Gasteiger partial charge in [-0.05, 0) is 31.0 Å². The number of hydrogen-bond acceptors (Lipinski definition) is 5. The van der Waals surface area contributed by atoms with Crippen LogP contribution in [0.4, 0.5) is 5.82 Å². The van der Waals surface area contributed by atoms with Crippen molar-refractivity contribution in [2.45, 2.75) is 20.3 Å². The van der Waals surface area contributed by atoms with E-state index in [-0.39, 0.29) is 5.69 Å². The highest BCUT2D eigenvalue weighted by molar-refractivity contribution is 5.90. The van der Waals surface area contributed by atoms with Crippen molar-refractivity contribution in [2.75, 3.05) is 24.5 Å². The first kappa shape index (κ1) is 14.4. The summed E-state index contributed by atoms with van der Waals surface area (Å²) in [5.41, 5.74) is 10.8. The predicted octanol–water partition coefficient (Wildman–Crippen LogP) is 0.387. The number of amides is 1. The van der Waals surface area contributed by atoms with Crippen molar-refractivity contribution in [1.82, 2.24) is 10.2 Å². The number of nitrogens with two attached hydrogens (primary N) is 2. The summed E-state index contributed by atoms with van der Waals surface area (Å²) >= 11 is 0. The molecule has 1 heterocycles. The maximum Gasteiger partial charge on any atom is 0.269 e. The first-order valence-corrected chi connectivity index (χ1v) is 6.13. The Kier molecular flexibility index (Phi) is 5.51. The van der Waals surface area contributed by atoms with Crippen molar-refractivity contribution < 1.29 is 4.79 Å². The largest absolute Gasteiger partial charge is 0.364 e. The number of aromatic nitrogens is 2. The molecule has 0 aromatic carbocycles. The van der Waals surface area contributed by atoms with Gasteiger partial charge in [-0.3, -0.25) is 4.79 Å². The summed E-state index contributed by atoms with van der Waals surface area (Å²) in [6, 6.07) is 3.37. The summed E-state index contributed by atoms with van der Waals surface area (Å²) < 4.78 is 0. The van der Waals surface area contributed by atoms with Gasteiger partial charge in [-0.2, -0.15) is 0 Å². The average molecular weight is 251 g/mol. The Bertz CT molecular complexity index is 377. The highest BCUT2D eigenvalue weighted by atomic mass is 16.1. The van der Waals surface area contributed by atoms with Crippen molar-refractivity contribution >= 4 is 11.7 Å². The van der Waals surface area contributed by atoms with Gasteiger partial charge in [-0.25, -0.2) is 0 Å². The highest BCUT2D eigenvalue weighted by Gasteiger charge is 2.11. The Morgan fingerprint density at radius 2 is 2.11 bits per heavy atom. The molecule has 0 unspecified atom stereocenters. The molecule has 6 heteroatoms. The molecule has 1 amide bonds. The predicted molar refractivity (Wildman–Crippen MR) is 71.3 cm³/mol. The Morgan fingerprint density at radius 3 is 2.56 bits per heavy atom. The minimum Gasteiger partial charge on any atom is -0.364 e. The minimum atomic E-state index is -0.564. The van der Waals surface area contributed by atoms with E-state index in [0.717, 1.165) is 25.3 Å². The molecule has 0 saturated carbocycles. The summed E-state index contributed by atoms with van der Waals surface area (Å²) in [4.78, 5) is 13.0. The van der Waals surface area contributed by atoms with E-state index in [1.807, 2.05) is 0 Å². The van der Waals surface area contributed by atoms with Crippen LogP contribution >= 0.6 is 0 Å². The molecule has 1 aromatic rings. The highest BCUT2D eigenvalue weighted by Crippen LogP contribution is 2.12. The van der Waals surface area contributed by atoms with Gasteiger partial charge >= 0.3 is 0 Å². The van der Waals surface area contributed by atoms with E-state index in [9.17, 15) is 4.79 Å². The van der Waals surface area contributed by atoms with Crippen LogP contribution in [0, 0.1) is 5.92 Å². The van der Waals surface area contributed by atoms with E-state index < -0.39 is 5.91 Å². The van der Waals surface area contributed by atoms with Crippen molar-refractivity contribution in [3.8, 4) is 0 Å². The van der Waals surface area contributed by atoms with Gasteiger partial charge in [0.05, 0.1) is 0 Å². The Morgan fingerprint density at radius 1 is 1.39 bits per heavy atom. The van der Waals surface area contributed by atoms with Crippen LogP contribution in [0.3, 0.4) is 0 Å². The summed E-state index contributed by atoms with van der Waals surface area (Å²) in [6.45, 7) is 6.63. The zero-order valence-electron chi connectivity index (χ0n) is 11.0. The maximum absolute atomic E-state index is 10.9. The lowest BCUT2D eigenvalue weighted by atomic mass is 10.2. The van der Waals surface area contributed by atoms with Crippen LogP contribution in [0.2, 0.25) is 0 Å². The SMILES string of the molecule is CC(C)CN(CCCN)c1ccc(C(N)=O)nn1. The third kappa shape index (κ3) is 4.29. The van der Waals surface area contributed by atoms with E-state index >= 15 is 0 Å². The Balaban J connectivity index is 2.80. The molecule has 6 nitrogen and oxygen atoms in total. The smallest absolute Gasteiger partial charge is 0.269 e. The number of rotatable bonds is 7. The fourth-order valence-corrected chi connectivity index (χ4v) is 1.65. The molecular formula is C12H21N5O. The van der Waals surface area contributed by atoms with Crippen LogP contribution in [0.15, 0.2) is 12.1 Å². The zero-order chi connectivity index (χ0) is 13.5. The van der Waals surface area contributed by atoms with Gasteiger partial charge in [0.1, 0.15) is 0 Å². The minimum absolute atomic E-state index is 0.182. The van der Waals surface area contributed by atoms with E-state index in [0.29, 0.717) is 12.5 Å². The molecule has 0 aliphatic rings. The van der Waals surface area contributed by atoms with Crippen LogP contribution in [0.5, 0.6) is 0 Å². The molecule has 0 atom stereocenters. The van der Waals surface area contributed by atoms with Gasteiger partial charge in [-0.15, -0.1) is 10.2 Å². The number of primary amides is 1. The topological polar surface area (TPSA) is 98.1 Å². The molecule has 18 heavy (non-hydrogen) atoms. The lowest BCUT2D eigenvalue weighted by molar-refractivity contribution is 0.0994. The molecule has 1 rings (SSSR count). The van der Waals surface area contributed by atoms with Crippen LogP contribution in [0.1, 0.15) is 30.8 Å². The molecule has 0 aliphatic heterocycles. The fraction of sp³-hybridized carbons (Fsp3) is 0.583. The van der Waals surface area contributed by atoms with E-state index in [1.165, 1.54) is 0 Å². The molecule has 0 spiro atoms. The summed E-state index contributed by atoms with van der Waals surface area (Å²) in [5, 5.41) is 7.86. The first-order chi connectivity index (χ1) is 8.54. The number of carbonyl (C=O) groups is 1. The summed E-state index contributed by atoms with van der Waals surface area (Å²) in [7, 11) is 0. The zero-order valence-corrected chi connectivity index (χ0v) is 11.0. The van der Waals surface area contributed by atoms with Gasteiger partial charge in [0.25, 0.3) is 5.91 Å². The number of anilines is 1. The first-order valence-electron chi connectivity index (χ1n) is 6.13. The van der Waals surface area contributed by atoms with Gasteiger partial charge in [0.2, 0.25) is 0 Å². The van der Waals surface area contributed by atoms with Crippen molar-refractivity contribution in [2.24, 2.45) is 17.4 Å². The van der Waals surface area contributed by atoms with Crippen molar-refractivity contribution in [3.05, 3.63) is 17.8 Å². The van der Waals surface area contributed by atoms with Crippen molar-refractivity contribution in [1.29, 1.82) is 0 Å². The maximum atomic E-state index is 10.9. The molecule has 0 fully saturated rings. The third-order valence-corrected chi connectivity index (χ3v) is 2.44. The van der Waals surface area contributed by atoms with Crippen LogP contribution in [-0.2, 0) is 0 Å². The number of hydrogen-bond donors (Lipinski definition) is 2. The standard InChI is InChI=1S/C12H21N5O/c1-9(2)8-17(7-3-6-13)11-5-4-10(12(14)18)15-16-11/h4-5,9H,3,6-8,13H2,1-2H3,(H2,14,18). The monoisotopic (exact) mass is 251 g/mol. The average Bonchev–Trinajstić information content (AvgIpc) is 2.34. The molecule has 4 N–H and O–H groups in total. The van der Waals surface area contributed by atoms with Crippen molar-refractivity contribution in [3.63, 3.8) is 0 Å². The van der Waals surface area contributed by atoms with E-state index in [1.54, 1.807) is 12.1 Å². The summed E-state index contributed by atoms with van der Waals surface area (Å²) in [6.07, 6.45) is 0.895. The molecule has 0 bridgehead atoms. The van der Waals surface area contributed by atoms with Gasteiger partial charge in [0.15, 0.2) is 11.5 Å². The third-order valence-electron chi connectivity index (χ3n) is 2.44. The number of nitrogens with zero attached hydrogens (tertiary/aromatic N) is 3. The second-order valence-corrected chi connectivity index (χ2v) is 4.62. The van der Waals surface area contributed by atoms with Crippen LogP contribution in [0.25, 0.3) is 0 Å². The molecule has 100 valence electrons. The quantitative estimate of drug-likeness (QED) is 0.730. The second-order valence-electron chi connectivity index (χ2n) is 4.62. The molecule has 0 aliphatic carbocycles. The lowest BCUT2D eigenvalue weighted by Gasteiger charge is -2.24. The van der Waals surface area contributed by atoms with E-state index in [2.05, 4.69) is 28.9 Å². The molecule has 0 saturated heterocycles. The fourth-order valence-electron chi connectivity index (χ4n) is 1.65. The van der Waals surface area contributed by atoms with Crippen LogP contribution < -0.4 is 16.4 Å². The van der Waals surface area contributed by atoms with Gasteiger partial charge < -0.3 is 16.4 Å². The lowest BCUT2D eigenvalue weighted by Crippen LogP contribution is -2.31. The second kappa shape index (κ2) is 6.90. The Labute approximate surface area is 107 Å². The number of carbonyl (C=O) groups excluding carboxylic acids is 1. The van der Waals surface area contributed by atoms with Gasteiger partial charge in [0, 0.05) is 13.1 Å². The van der Waals surface area contributed by atoms with E-state index in [4.69, 9.17) is 11.5 Å². The Hall–Kier alpha value is -1.69. The molecular weight excluding hydrogens is 230 g/mol. The molecule has 0 radical (unpaired) electrons. The van der Waals surface area contributed by atoms with Crippen LogP contribution in [-0.4, -0.2) is 35.7 Å². The normalized spacial score (nSPS) is 10.7. The van der Waals surface area contributed by atoms with Gasteiger partial charge in [-0.1, -0.05) is 13.8 Å².